The Hall–Kier alpha value is -3.54. The van der Waals surface area contributed by atoms with Crippen LogP contribution in [0.3, 0.4) is 0 Å². The van der Waals surface area contributed by atoms with Crippen molar-refractivity contribution in [1.29, 1.82) is 0 Å². The predicted molar refractivity (Wildman–Crippen MR) is 161 cm³/mol. The Bertz CT molecular complexity index is 1680. The Labute approximate surface area is 246 Å². The van der Waals surface area contributed by atoms with Crippen LogP contribution in [0.4, 0.5) is 0 Å². The fourth-order valence-electron chi connectivity index (χ4n) is 5.41. The zero-order chi connectivity index (χ0) is 29.7. The summed E-state index contributed by atoms with van der Waals surface area (Å²) in [4.78, 5) is 20.8. The molecule has 0 amide bonds. The van der Waals surface area contributed by atoms with Crippen LogP contribution in [0.25, 0.3) is 16.9 Å². The lowest BCUT2D eigenvalue weighted by atomic mass is 10.1. The minimum absolute atomic E-state index is 0.0869. The molecule has 3 heterocycles. The Morgan fingerprint density at radius 1 is 1.07 bits per heavy atom. The molecule has 5 rings (SSSR count). The van der Waals surface area contributed by atoms with E-state index in [1.165, 1.54) is 10.4 Å². The van der Waals surface area contributed by atoms with E-state index in [0.29, 0.717) is 60.9 Å². The van der Waals surface area contributed by atoms with Gasteiger partial charge in [-0.1, -0.05) is 50.1 Å². The monoisotopic (exact) mass is 593 g/mol. The number of sulfonamides is 1. The van der Waals surface area contributed by atoms with Crippen LogP contribution in [0.2, 0.25) is 0 Å². The van der Waals surface area contributed by atoms with Crippen LogP contribution in [0.15, 0.2) is 58.2 Å². The van der Waals surface area contributed by atoms with E-state index in [9.17, 15) is 13.2 Å². The van der Waals surface area contributed by atoms with E-state index in [2.05, 4.69) is 16.9 Å². The van der Waals surface area contributed by atoms with E-state index in [4.69, 9.17) is 14.6 Å². The van der Waals surface area contributed by atoms with Crippen molar-refractivity contribution < 1.29 is 17.9 Å². The minimum Gasteiger partial charge on any atom is -0.493 e. The zero-order valence-corrected chi connectivity index (χ0v) is 25.3. The fraction of sp³-hybridized carbons (Fsp3) is 0.452. The average molecular weight is 594 g/mol. The normalized spacial score (nSPS) is 16.2. The number of benzene rings is 2. The van der Waals surface area contributed by atoms with E-state index < -0.39 is 16.3 Å². The lowest BCUT2D eigenvalue weighted by molar-refractivity contribution is -0.0486. The second-order valence-electron chi connectivity index (χ2n) is 10.6. The van der Waals surface area contributed by atoms with Crippen molar-refractivity contribution in [3.8, 4) is 17.1 Å². The Morgan fingerprint density at radius 2 is 1.88 bits per heavy atom. The Balaban J connectivity index is 1.52. The summed E-state index contributed by atoms with van der Waals surface area (Å²) < 4.78 is 43.1. The third-order valence-electron chi connectivity index (χ3n) is 7.55. The molecule has 0 bridgehead atoms. The summed E-state index contributed by atoms with van der Waals surface area (Å²) in [5.41, 5.74) is 2.03. The molecule has 2 aromatic carbocycles. The van der Waals surface area contributed by atoms with E-state index in [1.54, 1.807) is 23.6 Å². The highest BCUT2D eigenvalue weighted by atomic mass is 32.2. The predicted octanol–water partition coefficient (Wildman–Crippen LogP) is 5.24. The molecule has 0 spiro atoms. The summed E-state index contributed by atoms with van der Waals surface area (Å²) in [6.45, 7) is 6.82. The molecule has 0 aliphatic carbocycles. The number of imidazole rings is 1. The van der Waals surface area contributed by atoms with Gasteiger partial charge >= 0.3 is 0 Å². The number of hydrogen-bond donors (Lipinski definition) is 1. The molecule has 10 nitrogen and oxygen atoms in total. The smallest absolute Gasteiger partial charge is 0.277 e. The van der Waals surface area contributed by atoms with Gasteiger partial charge in [0, 0.05) is 13.0 Å². The van der Waals surface area contributed by atoms with Crippen molar-refractivity contribution in [2.24, 2.45) is 0 Å². The van der Waals surface area contributed by atoms with Gasteiger partial charge in [0.15, 0.2) is 11.3 Å². The average Bonchev–Trinajstić information content (AvgIpc) is 3.32. The molecule has 4 aromatic rings. The van der Waals surface area contributed by atoms with Gasteiger partial charge in [0.1, 0.15) is 17.8 Å². The Kier molecular flexibility index (Phi) is 9.40. The van der Waals surface area contributed by atoms with Crippen molar-refractivity contribution in [1.82, 2.24) is 23.9 Å². The number of aryl methyl sites for hydroxylation is 2. The minimum atomic E-state index is -3.94. The van der Waals surface area contributed by atoms with Crippen LogP contribution in [-0.4, -0.2) is 51.7 Å². The highest BCUT2D eigenvalue weighted by Gasteiger charge is 2.35. The molecule has 224 valence electrons. The number of fused-ring (bicyclic) bond motifs is 1. The van der Waals surface area contributed by atoms with Gasteiger partial charge in [0.05, 0.1) is 29.4 Å². The summed E-state index contributed by atoms with van der Waals surface area (Å²) in [6.07, 6.45) is 5.40. The molecule has 1 atom stereocenters. The van der Waals surface area contributed by atoms with Crippen LogP contribution in [0.1, 0.15) is 69.5 Å². The third-order valence-corrected chi connectivity index (χ3v) is 9.43. The van der Waals surface area contributed by atoms with Gasteiger partial charge in [0.2, 0.25) is 10.0 Å². The van der Waals surface area contributed by atoms with Crippen molar-refractivity contribution in [2.75, 3.05) is 13.2 Å². The number of nitrogens with one attached hydrogen (secondary N) is 1. The van der Waals surface area contributed by atoms with Crippen LogP contribution >= 0.6 is 0 Å². The second kappa shape index (κ2) is 13.2. The molecule has 1 unspecified atom stereocenters. The molecule has 2 aromatic heterocycles. The van der Waals surface area contributed by atoms with Gasteiger partial charge in [-0.2, -0.15) is 4.31 Å². The summed E-state index contributed by atoms with van der Waals surface area (Å²) in [5.74, 6) is 1.35. The summed E-state index contributed by atoms with van der Waals surface area (Å²) in [6, 6.07) is 14.4. The van der Waals surface area contributed by atoms with Crippen molar-refractivity contribution in [3.05, 3.63) is 76.0 Å². The first-order chi connectivity index (χ1) is 20.3. The number of hydrogen-bond acceptors (Lipinski definition) is 7. The largest absolute Gasteiger partial charge is 0.493 e. The SMILES string of the molecule is CCCCCc1nc(C)c2c(=O)[nH]c(-c3cc(S(=O)(=O)N4CCCCC4OCc4ccccc4)ccc3OCC)nn12. The first-order valence-electron chi connectivity index (χ1n) is 14.8. The van der Waals surface area contributed by atoms with E-state index >= 15 is 0 Å². The summed E-state index contributed by atoms with van der Waals surface area (Å²) in [5, 5.41) is 4.75. The number of H-pyrrole nitrogens is 1. The maximum absolute atomic E-state index is 14.0. The van der Waals surface area contributed by atoms with Gasteiger partial charge in [-0.05, 0) is 63.3 Å². The number of aromatic amines is 1. The zero-order valence-electron chi connectivity index (χ0n) is 24.5. The maximum Gasteiger partial charge on any atom is 0.277 e. The standard InChI is InChI=1S/C31H39N5O5S/c1-4-6-8-15-27-32-22(3)29-31(37)33-30(34-36(27)29)25-20-24(17-18-26(25)40-5-2)42(38,39)35-19-12-11-16-28(35)41-21-23-13-9-7-10-14-23/h7,9-10,13-14,17-18,20,28H,4-6,8,11-12,15-16,19,21H2,1-3H3,(H,33,34,37). The van der Waals surface area contributed by atoms with Gasteiger partial charge in [0.25, 0.3) is 5.56 Å². The van der Waals surface area contributed by atoms with Crippen LogP contribution in [-0.2, 0) is 27.8 Å². The van der Waals surface area contributed by atoms with Gasteiger partial charge in [-0.25, -0.2) is 17.9 Å². The third kappa shape index (κ3) is 6.28. The molecule has 1 N–H and O–H groups in total. The molecular formula is C31H39N5O5S. The second-order valence-corrected chi connectivity index (χ2v) is 12.5. The molecule has 42 heavy (non-hydrogen) atoms. The molecule has 0 saturated carbocycles. The number of nitrogens with zero attached hydrogens (tertiary/aromatic N) is 4. The molecule has 11 heteroatoms. The van der Waals surface area contributed by atoms with E-state index in [0.717, 1.165) is 37.7 Å². The van der Waals surface area contributed by atoms with Crippen molar-refractivity contribution >= 4 is 15.5 Å². The topological polar surface area (TPSA) is 119 Å². The molecule has 1 saturated heterocycles. The molecule has 0 radical (unpaired) electrons. The van der Waals surface area contributed by atoms with Crippen LogP contribution < -0.4 is 10.3 Å². The maximum atomic E-state index is 14.0. The number of unbranched alkanes of at least 4 members (excludes halogenated alkanes) is 2. The lowest BCUT2D eigenvalue weighted by Crippen LogP contribution is -2.45. The first-order valence-corrected chi connectivity index (χ1v) is 16.2. The molecule has 1 fully saturated rings. The fourth-order valence-corrected chi connectivity index (χ4v) is 7.03. The quantitative estimate of drug-likeness (QED) is 0.223. The number of ether oxygens (including phenoxy) is 2. The first kappa shape index (κ1) is 29.9. The highest BCUT2D eigenvalue weighted by Crippen LogP contribution is 2.33. The summed E-state index contributed by atoms with van der Waals surface area (Å²) in [7, 11) is -3.94. The Morgan fingerprint density at radius 3 is 2.64 bits per heavy atom. The van der Waals surface area contributed by atoms with Crippen LogP contribution in [0.5, 0.6) is 5.75 Å². The van der Waals surface area contributed by atoms with E-state index in [1.807, 2.05) is 37.3 Å². The van der Waals surface area contributed by atoms with Gasteiger partial charge in [-0.3, -0.25) is 4.79 Å². The van der Waals surface area contributed by atoms with Gasteiger partial charge in [-0.15, -0.1) is 5.10 Å². The lowest BCUT2D eigenvalue weighted by Gasteiger charge is -2.34. The van der Waals surface area contributed by atoms with Crippen molar-refractivity contribution in [2.45, 2.75) is 83.4 Å². The number of piperidine rings is 1. The highest BCUT2D eigenvalue weighted by molar-refractivity contribution is 7.89. The van der Waals surface area contributed by atoms with Gasteiger partial charge < -0.3 is 14.5 Å². The van der Waals surface area contributed by atoms with Crippen LogP contribution in [0, 0.1) is 6.92 Å². The van der Waals surface area contributed by atoms with E-state index in [-0.39, 0.29) is 16.3 Å². The number of rotatable bonds is 12. The molecule has 1 aliphatic heterocycles. The molecule has 1 aliphatic rings. The summed E-state index contributed by atoms with van der Waals surface area (Å²) >= 11 is 0. The number of aromatic nitrogens is 4. The molecular weight excluding hydrogens is 554 g/mol. The van der Waals surface area contributed by atoms with Crippen molar-refractivity contribution in [3.63, 3.8) is 0 Å².